The molecule has 4 N–H and O–H groups in total. The molecule has 0 aliphatic rings. The summed E-state index contributed by atoms with van der Waals surface area (Å²) in [4.78, 5) is 31.4. The molecule has 0 aromatic heterocycles. The molecule has 0 rings (SSSR count). The van der Waals surface area contributed by atoms with E-state index in [2.05, 4.69) is 0 Å². The van der Waals surface area contributed by atoms with Crippen LogP contribution in [0.5, 0.6) is 0 Å². The highest BCUT2D eigenvalue weighted by Crippen LogP contribution is 1.94. The van der Waals surface area contributed by atoms with Crippen molar-refractivity contribution < 1.29 is 19.5 Å². The van der Waals surface area contributed by atoms with Crippen molar-refractivity contribution in [2.75, 3.05) is 0 Å². The summed E-state index contributed by atoms with van der Waals surface area (Å²) in [7, 11) is 0. The Hall–Kier alpha value is -0.898. The van der Waals surface area contributed by atoms with E-state index < -0.39 is 23.8 Å². The number of carboxylic acid groups (broad SMARTS) is 1. The Kier molecular flexibility index (Phi) is 8.34. The van der Waals surface area contributed by atoms with Gasteiger partial charge in [-0.3, -0.25) is 19.7 Å². The van der Waals surface area contributed by atoms with Gasteiger partial charge in [-0.1, -0.05) is 0 Å². The molecule has 0 saturated heterocycles. The fourth-order valence-corrected chi connectivity index (χ4v) is 0.669. The minimum absolute atomic E-state index is 0. The highest BCUT2D eigenvalue weighted by molar-refractivity contribution is 5.94. The Morgan fingerprint density at radius 2 is 1.93 bits per heavy atom. The number of imide groups is 1. The van der Waals surface area contributed by atoms with Crippen molar-refractivity contribution >= 4 is 35.1 Å². The van der Waals surface area contributed by atoms with Gasteiger partial charge in [-0.05, 0) is 6.42 Å². The second-order valence-corrected chi connectivity index (χ2v) is 2.59. The largest absolute Gasteiger partial charge is 0.480 e. The third kappa shape index (κ3) is 7.74. The molecule has 0 aromatic rings. The van der Waals surface area contributed by atoms with Gasteiger partial charge >= 0.3 is 5.97 Å². The summed E-state index contributed by atoms with van der Waals surface area (Å²) < 4.78 is 0. The number of rotatable bonds is 4. The van der Waals surface area contributed by atoms with Crippen LogP contribution in [0.3, 0.4) is 0 Å². The van der Waals surface area contributed by atoms with Crippen molar-refractivity contribution in [3.63, 3.8) is 0 Å². The van der Waals surface area contributed by atoms with Crippen LogP contribution in [0.25, 0.3) is 0 Å². The lowest BCUT2D eigenvalue weighted by molar-refractivity contribution is -0.138. The Balaban J connectivity index is 0. The van der Waals surface area contributed by atoms with Gasteiger partial charge in [0.2, 0.25) is 11.8 Å². The van der Waals surface area contributed by atoms with E-state index in [1.54, 1.807) is 0 Å². The number of carbonyl (C=O) groups excluding carboxylic acids is 2. The van der Waals surface area contributed by atoms with Gasteiger partial charge in [-0.15, -0.1) is 0 Å². The summed E-state index contributed by atoms with van der Waals surface area (Å²) in [6.45, 7) is 1.20. The summed E-state index contributed by atoms with van der Waals surface area (Å²) in [6.07, 6.45) is -0.0402. The number of carboxylic acids is 1. The minimum atomic E-state index is -1.16. The predicted molar refractivity (Wildman–Crippen MR) is 53.6 cm³/mol. The van der Waals surface area contributed by atoms with Crippen LogP contribution in [0.4, 0.5) is 0 Å². The molecule has 0 aromatic carbocycles. The third-order valence-electron chi connectivity index (χ3n) is 1.32. The number of hydrogen-bond donors (Lipinski definition) is 3. The summed E-state index contributed by atoms with van der Waals surface area (Å²) in [5.41, 5.74) is 5.13. The Bertz CT molecular complexity index is 232. The first-order chi connectivity index (χ1) is 5.93. The monoisotopic (exact) mass is 218 g/mol. The maximum Gasteiger partial charge on any atom is 0.320 e. The SMILES string of the molecule is CC(=O)NC(=O)CC[C@H](N)C(=O)O.[AlH3]. The summed E-state index contributed by atoms with van der Waals surface area (Å²) in [5.74, 6) is -2.13. The topological polar surface area (TPSA) is 109 Å². The molecule has 0 saturated carbocycles. The van der Waals surface area contributed by atoms with Crippen molar-refractivity contribution in [3.05, 3.63) is 0 Å². The fraction of sp³-hybridized carbons (Fsp3) is 0.571. The van der Waals surface area contributed by atoms with E-state index in [0.29, 0.717) is 0 Å². The molecule has 0 bridgehead atoms. The summed E-state index contributed by atoms with van der Waals surface area (Å²) in [5, 5.41) is 10.4. The average molecular weight is 218 g/mol. The molecule has 0 spiro atoms. The smallest absolute Gasteiger partial charge is 0.320 e. The van der Waals surface area contributed by atoms with E-state index in [4.69, 9.17) is 10.8 Å². The molecule has 80 valence electrons. The zero-order valence-corrected chi connectivity index (χ0v) is 7.24. The van der Waals surface area contributed by atoms with E-state index in [9.17, 15) is 14.4 Å². The molecule has 0 radical (unpaired) electrons. The van der Waals surface area contributed by atoms with Gasteiger partial charge < -0.3 is 10.8 Å². The minimum Gasteiger partial charge on any atom is -0.480 e. The molecule has 0 aliphatic carbocycles. The zero-order valence-electron chi connectivity index (χ0n) is 7.24. The van der Waals surface area contributed by atoms with Gasteiger partial charge in [0.1, 0.15) is 6.04 Å². The number of carbonyl (C=O) groups is 3. The number of aliphatic carboxylic acids is 1. The van der Waals surface area contributed by atoms with Crippen LogP contribution in [-0.2, 0) is 14.4 Å². The molecule has 0 heterocycles. The van der Waals surface area contributed by atoms with Gasteiger partial charge in [-0.25, -0.2) is 0 Å². The maximum atomic E-state index is 10.8. The molecule has 6 nitrogen and oxygen atoms in total. The molecule has 0 fully saturated rings. The van der Waals surface area contributed by atoms with Crippen LogP contribution in [-0.4, -0.2) is 46.3 Å². The average Bonchev–Trinajstić information content (AvgIpc) is 1.98. The second kappa shape index (κ2) is 7.50. The highest BCUT2D eigenvalue weighted by atomic mass is 27.0. The van der Waals surface area contributed by atoms with Crippen molar-refractivity contribution in [2.24, 2.45) is 5.73 Å². The first-order valence-electron chi connectivity index (χ1n) is 3.72. The number of hydrogen-bond acceptors (Lipinski definition) is 4. The van der Waals surface area contributed by atoms with Crippen LogP contribution in [0, 0.1) is 0 Å². The van der Waals surface area contributed by atoms with Crippen LogP contribution in [0.2, 0.25) is 0 Å². The lowest BCUT2D eigenvalue weighted by atomic mass is 10.1. The predicted octanol–water partition coefficient (Wildman–Crippen LogP) is -2.34. The van der Waals surface area contributed by atoms with E-state index in [-0.39, 0.29) is 30.2 Å². The van der Waals surface area contributed by atoms with Gasteiger partial charge in [0.25, 0.3) is 0 Å². The van der Waals surface area contributed by atoms with Gasteiger partial charge in [0, 0.05) is 13.3 Å². The first-order valence-corrected chi connectivity index (χ1v) is 3.72. The normalized spacial score (nSPS) is 11.0. The van der Waals surface area contributed by atoms with Crippen molar-refractivity contribution in [1.29, 1.82) is 0 Å². The fourth-order valence-electron chi connectivity index (χ4n) is 0.669. The Morgan fingerprint density at radius 1 is 1.43 bits per heavy atom. The number of nitrogens with one attached hydrogen (secondary N) is 1. The Labute approximate surface area is 92.0 Å². The Morgan fingerprint density at radius 3 is 2.29 bits per heavy atom. The molecule has 1 atom stereocenters. The van der Waals surface area contributed by atoms with Crippen LogP contribution in [0.1, 0.15) is 19.8 Å². The van der Waals surface area contributed by atoms with E-state index in [1.807, 2.05) is 5.32 Å². The molecule has 0 aliphatic heterocycles. The lowest BCUT2D eigenvalue weighted by Crippen LogP contribution is -2.33. The van der Waals surface area contributed by atoms with Gasteiger partial charge in [0.15, 0.2) is 17.4 Å². The van der Waals surface area contributed by atoms with E-state index in [0.717, 1.165) is 0 Å². The molecule has 2 amide bonds. The lowest BCUT2D eigenvalue weighted by Gasteiger charge is -2.04. The van der Waals surface area contributed by atoms with Crippen molar-refractivity contribution in [3.8, 4) is 0 Å². The maximum absolute atomic E-state index is 10.8. The van der Waals surface area contributed by atoms with E-state index >= 15 is 0 Å². The highest BCUT2D eigenvalue weighted by Gasteiger charge is 2.13. The van der Waals surface area contributed by atoms with Crippen molar-refractivity contribution in [2.45, 2.75) is 25.8 Å². The van der Waals surface area contributed by atoms with Crippen molar-refractivity contribution in [1.82, 2.24) is 5.32 Å². The molecule has 7 heteroatoms. The number of amides is 2. The molecule has 0 unspecified atom stereocenters. The van der Waals surface area contributed by atoms with Crippen LogP contribution >= 0.6 is 0 Å². The van der Waals surface area contributed by atoms with Crippen LogP contribution in [0.15, 0.2) is 0 Å². The van der Waals surface area contributed by atoms with Gasteiger partial charge in [0.05, 0.1) is 0 Å². The second-order valence-electron chi connectivity index (χ2n) is 2.59. The standard InChI is InChI=1S/C7H12N2O4.Al.3H/c1-4(10)9-6(11)3-2-5(8)7(12)13;;;;/h5H,2-3,8H2,1H3,(H,12,13)(H,9,10,11);;;;/t5-;;;;/m0..../s1. The quantitative estimate of drug-likeness (QED) is 0.458. The third-order valence-corrected chi connectivity index (χ3v) is 1.32. The van der Waals surface area contributed by atoms with Gasteiger partial charge in [-0.2, -0.15) is 0 Å². The van der Waals surface area contributed by atoms with Crippen LogP contribution < -0.4 is 11.1 Å². The molecular weight excluding hydrogens is 203 g/mol. The number of nitrogens with two attached hydrogens (primary N) is 1. The molecule has 14 heavy (non-hydrogen) atoms. The zero-order chi connectivity index (χ0) is 10.4. The first kappa shape index (κ1) is 15.6. The van der Waals surface area contributed by atoms with E-state index in [1.165, 1.54) is 6.92 Å². The summed E-state index contributed by atoms with van der Waals surface area (Å²) in [6, 6.07) is -1.06. The summed E-state index contributed by atoms with van der Waals surface area (Å²) >= 11 is 0. The molecular formula is C7H15AlN2O4.